The fourth-order valence-electron chi connectivity index (χ4n) is 3.78. The molecule has 3 aromatic rings. The zero-order valence-electron chi connectivity index (χ0n) is 19.2. The largest absolute Gasteiger partial charge is 0.478 e. The van der Waals surface area contributed by atoms with Gasteiger partial charge in [-0.1, -0.05) is 24.3 Å². The molecule has 3 rings (SSSR count). The van der Waals surface area contributed by atoms with Crippen molar-refractivity contribution in [3.8, 4) is 0 Å². The van der Waals surface area contributed by atoms with Gasteiger partial charge in [0.25, 0.3) is 10.0 Å². The Balaban J connectivity index is 2.30. The van der Waals surface area contributed by atoms with Gasteiger partial charge in [-0.15, -0.1) is 0 Å². The number of carboxylic acid groups (broad SMARTS) is 1. The van der Waals surface area contributed by atoms with Crippen molar-refractivity contribution in [2.24, 2.45) is 0 Å². The number of fused-ring (bicyclic) bond motifs is 1. The van der Waals surface area contributed by atoms with Crippen molar-refractivity contribution < 1.29 is 23.1 Å². The first-order valence-corrected chi connectivity index (χ1v) is 15.0. The van der Waals surface area contributed by atoms with Gasteiger partial charge in [-0.3, -0.25) is 9.52 Å². The molecule has 0 aromatic heterocycles. The third-order valence-corrected chi connectivity index (χ3v) is 9.93. The fourth-order valence-corrected chi connectivity index (χ4v) is 9.94. The van der Waals surface area contributed by atoms with E-state index in [1.165, 1.54) is 17.9 Å². The number of nitrogens with one attached hydrogen (secondary N) is 1. The van der Waals surface area contributed by atoms with Crippen LogP contribution in [0.1, 0.15) is 24.2 Å². The van der Waals surface area contributed by atoms with Crippen LogP contribution in [-0.4, -0.2) is 46.0 Å². The molecule has 3 aromatic carbocycles. The van der Waals surface area contributed by atoms with Crippen LogP contribution in [0.5, 0.6) is 0 Å². The summed E-state index contributed by atoms with van der Waals surface area (Å²) in [5, 5.41) is 11.2. The highest BCUT2D eigenvalue weighted by Gasteiger charge is 2.30. The van der Waals surface area contributed by atoms with Gasteiger partial charge < -0.3 is 14.9 Å². The molecular formula is C23H22I3N3O5S. The number of sulfonamides is 1. The highest BCUT2D eigenvalue weighted by atomic mass is 127. The van der Waals surface area contributed by atoms with Crippen molar-refractivity contribution in [3.63, 3.8) is 0 Å². The molecule has 0 atom stereocenters. The smallest absolute Gasteiger partial charge is 0.338 e. The Morgan fingerprint density at radius 3 is 2.11 bits per heavy atom. The number of aromatic carboxylic acids is 1. The third-order valence-electron chi connectivity index (χ3n) is 5.34. The van der Waals surface area contributed by atoms with E-state index in [-0.39, 0.29) is 25.6 Å². The van der Waals surface area contributed by atoms with E-state index in [1.54, 1.807) is 25.1 Å². The zero-order valence-corrected chi connectivity index (χ0v) is 26.5. The lowest BCUT2D eigenvalue weighted by molar-refractivity contribution is -0.116. The third kappa shape index (κ3) is 5.34. The summed E-state index contributed by atoms with van der Waals surface area (Å²) >= 11 is 5.71. The second-order valence-corrected chi connectivity index (χ2v) is 12.6. The molecule has 2 N–H and O–H groups in total. The number of nitrogens with zero attached hydrogens (tertiary/aromatic N) is 2. The van der Waals surface area contributed by atoms with Gasteiger partial charge in [0.05, 0.1) is 32.5 Å². The number of rotatable bonds is 7. The molecule has 0 saturated carbocycles. The predicted molar refractivity (Wildman–Crippen MR) is 164 cm³/mol. The molecule has 0 bridgehead atoms. The number of anilines is 3. The predicted octanol–water partition coefficient (Wildman–Crippen LogP) is 5.59. The summed E-state index contributed by atoms with van der Waals surface area (Å²) in [5.41, 5.74) is 1.30. The lowest BCUT2D eigenvalue weighted by Gasteiger charge is -2.26. The Morgan fingerprint density at radius 2 is 1.57 bits per heavy atom. The van der Waals surface area contributed by atoms with Gasteiger partial charge in [-0.05, 0) is 86.8 Å². The minimum Gasteiger partial charge on any atom is -0.478 e. The van der Waals surface area contributed by atoms with E-state index >= 15 is 0 Å². The molecule has 35 heavy (non-hydrogen) atoms. The summed E-state index contributed by atoms with van der Waals surface area (Å²) in [6.45, 7) is 3.45. The van der Waals surface area contributed by atoms with E-state index in [0.29, 0.717) is 24.8 Å². The minimum absolute atomic E-state index is 0.0631. The number of carboxylic acids is 1. The average molecular weight is 833 g/mol. The Hall–Kier alpha value is -1.40. The van der Waals surface area contributed by atoms with E-state index in [1.807, 2.05) is 98.9 Å². The first kappa shape index (κ1) is 28.2. The quantitative estimate of drug-likeness (QED) is 0.301. The summed E-state index contributed by atoms with van der Waals surface area (Å²) in [7, 11) is -0.363. The summed E-state index contributed by atoms with van der Waals surface area (Å²) < 4.78 is 31.1. The maximum absolute atomic E-state index is 13.7. The molecule has 0 aliphatic rings. The van der Waals surface area contributed by atoms with Crippen LogP contribution in [-0.2, 0) is 14.8 Å². The van der Waals surface area contributed by atoms with E-state index < -0.39 is 16.0 Å². The average Bonchev–Trinajstić information content (AvgIpc) is 2.78. The summed E-state index contributed by atoms with van der Waals surface area (Å²) in [5.74, 6) is -1.49. The summed E-state index contributed by atoms with van der Waals surface area (Å²) in [6, 6.07) is 10.5. The highest BCUT2D eigenvalue weighted by molar-refractivity contribution is 14.1. The second kappa shape index (κ2) is 10.9. The number of amides is 1. The van der Waals surface area contributed by atoms with Crippen LogP contribution in [0.2, 0.25) is 0 Å². The van der Waals surface area contributed by atoms with E-state index in [0.717, 1.165) is 11.1 Å². The first-order chi connectivity index (χ1) is 16.3. The van der Waals surface area contributed by atoms with Crippen LogP contribution in [0.25, 0.3) is 10.8 Å². The zero-order chi connectivity index (χ0) is 26.2. The van der Waals surface area contributed by atoms with Crippen LogP contribution in [0.15, 0.2) is 41.3 Å². The number of benzene rings is 3. The maximum atomic E-state index is 13.7. The molecule has 0 fully saturated rings. The lowest BCUT2D eigenvalue weighted by atomic mass is 10.1. The molecule has 0 aliphatic carbocycles. The van der Waals surface area contributed by atoms with Crippen molar-refractivity contribution in [1.29, 1.82) is 0 Å². The van der Waals surface area contributed by atoms with Gasteiger partial charge in [0.1, 0.15) is 0 Å². The second-order valence-electron chi connectivity index (χ2n) is 7.74. The van der Waals surface area contributed by atoms with Crippen molar-refractivity contribution >= 4 is 118 Å². The Labute approximate surface area is 244 Å². The molecule has 0 spiro atoms. The van der Waals surface area contributed by atoms with Gasteiger partial charge in [-0.2, -0.15) is 0 Å². The summed E-state index contributed by atoms with van der Waals surface area (Å²) in [4.78, 5) is 27.9. The van der Waals surface area contributed by atoms with Gasteiger partial charge >= 0.3 is 5.97 Å². The first-order valence-electron chi connectivity index (χ1n) is 10.3. The monoisotopic (exact) mass is 833 g/mol. The molecule has 0 unspecified atom stereocenters. The van der Waals surface area contributed by atoms with Gasteiger partial charge in [0.2, 0.25) is 5.91 Å². The van der Waals surface area contributed by atoms with Crippen LogP contribution in [0, 0.1) is 10.7 Å². The Bertz CT molecular complexity index is 1460. The minimum atomic E-state index is -4.13. The number of carbonyl (C=O) groups is 2. The fraction of sp³-hybridized carbons (Fsp3) is 0.217. The van der Waals surface area contributed by atoms with Crippen LogP contribution in [0.4, 0.5) is 17.1 Å². The Kier molecular flexibility index (Phi) is 8.79. The number of carbonyl (C=O) groups excluding carboxylic acids is 1. The molecule has 1 amide bonds. The molecule has 8 nitrogen and oxygen atoms in total. The van der Waals surface area contributed by atoms with E-state index in [4.69, 9.17) is 0 Å². The molecule has 0 aliphatic heterocycles. The number of halogens is 3. The van der Waals surface area contributed by atoms with Gasteiger partial charge in [-0.25, -0.2) is 13.2 Å². The van der Waals surface area contributed by atoms with Crippen molar-refractivity contribution in [2.45, 2.75) is 18.7 Å². The molecule has 0 radical (unpaired) electrons. The molecule has 0 heterocycles. The molecule has 186 valence electrons. The number of hydrogen-bond acceptors (Lipinski definition) is 5. The van der Waals surface area contributed by atoms with Crippen LogP contribution >= 0.6 is 67.8 Å². The van der Waals surface area contributed by atoms with Crippen molar-refractivity contribution in [2.75, 3.05) is 35.2 Å². The molecular weight excluding hydrogens is 811 g/mol. The standard InChI is InChI=1S/C23H22I3N3O5S/c1-5-29(12(2)30)22-19(25)17(23(31)32)18(24)21(20(22)26)27-35(33,34)16-11-7-8-13-14(16)9-6-10-15(13)28(3)4/h6-11,27H,5H2,1-4H3,(H,31,32). The van der Waals surface area contributed by atoms with Crippen molar-refractivity contribution in [3.05, 3.63) is 52.7 Å². The van der Waals surface area contributed by atoms with E-state index in [9.17, 15) is 23.1 Å². The van der Waals surface area contributed by atoms with Crippen LogP contribution < -0.4 is 14.5 Å². The highest BCUT2D eigenvalue weighted by Crippen LogP contribution is 2.42. The summed E-state index contributed by atoms with van der Waals surface area (Å²) in [6.07, 6.45) is 0. The molecule has 0 saturated heterocycles. The number of hydrogen-bond donors (Lipinski definition) is 2. The Morgan fingerprint density at radius 1 is 0.971 bits per heavy atom. The van der Waals surface area contributed by atoms with Crippen LogP contribution in [0.3, 0.4) is 0 Å². The lowest BCUT2D eigenvalue weighted by Crippen LogP contribution is -2.31. The topological polar surface area (TPSA) is 107 Å². The normalized spacial score (nSPS) is 11.4. The van der Waals surface area contributed by atoms with E-state index in [2.05, 4.69) is 4.72 Å². The SMILES string of the molecule is CCN(C(C)=O)c1c(I)c(NS(=O)(=O)c2cccc3c(N(C)C)cccc23)c(I)c(C(=O)O)c1I. The molecule has 12 heteroatoms. The van der Waals surface area contributed by atoms with Gasteiger partial charge in [0, 0.05) is 44.0 Å². The van der Waals surface area contributed by atoms with Gasteiger partial charge in [0.15, 0.2) is 0 Å². The maximum Gasteiger partial charge on any atom is 0.338 e. The van der Waals surface area contributed by atoms with Crippen molar-refractivity contribution in [1.82, 2.24) is 0 Å².